The van der Waals surface area contributed by atoms with Crippen molar-refractivity contribution in [3.8, 4) is 0 Å². The molecule has 0 heterocycles. The molecule has 0 saturated carbocycles. The highest BCUT2D eigenvalue weighted by atomic mass is 19.3. The van der Waals surface area contributed by atoms with Gasteiger partial charge in [-0.2, -0.15) is 8.78 Å². The summed E-state index contributed by atoms with van der Waals surface area (Å²) in [5.74, 6) is -6.07. The highest BCUT2D eigenvalue weighted by Crippen LogP contribution is 2.19. The second-order valence-corrected chi connectivity index (χ2v) is 2.06. The predicted octanol–water partition coefficient (Wildman–Crippen LogP) is 0.610. The van der Waals surface area contributed by atoms with Gasteiger partial charge in [0.15, 0.2) is 0 Å². The molecule has 0 saturated heterocycles. The first kappa shape index (κ1) is 10.0. The summed E-state index contributed by atoms with van der Waals surface area (Å²) < 4.78 is 24.7. The number of hydrogen-bond acceptors (Lipinski definition) is 2. The third kappa shape index (κ3) is 2.27. The molecule has 0 amide bonds. The molecule has 0 aliphatic carbocycles. The van der Waals surface area contributed by atoms with Gasteiger partial charge in [-0.15, -0.1) is 6.58 Å². The van der Waals surface area contributed by atoms with Crippen LogP contribution in [0.3, 0.4) is 0 Å². The number of carbonyl (C=O) groups is 1. The van der Waals surface area contributed by atoms with Crippen molar-refractivity contribution in [2.75, 3.05) is 0 Å². The number of halogens is 2. The van der Waals surface area contributed by atoms with Crippen molar-refractivity contribution in [2.24, 2.45) is 5.73 Å². The third-order valence-corrected chi connectivity index (χ3v) is 1.17. The molecule has 0 rings (SSSR count). The maximum atomic E-state index is 12.4. The highest BCUT2D eigenvalue weighted by Gasteiger charge is 2.44. The molecule has 0 spiro atoms. The normalized spacial score (nSPS) is 14.1. The number of rotatable bonds is 4. The first-order valence-corrected chi connectivity index (χ1v) is 2.90. The van der Waals surface area contributed by atoms with Crippen LogP contribution in [0.5, 0.6) is 0 Å². The van der Waals surface area contributed by atoms with Gasteiger partial charge in [0.25, 0.3) is 0 Å². The third-order valence-electron chi connectivity index (χ3n) is 1.17. The van der Waals surface area contributed by atoms with E-state index in [4.69, 9.17) is 10.8 Å². The fraction of sp³-hybridized carbons (Fsp3) is 0.500. The van der Waals surface area contributed by atoms with Gasteiger partial charge in [-0.25, -0.2) is 4.79 Å². The first-order valence-electron chi connectivity index (χ1n) is 2.90. The molecule has 1 atom stereocenters. The van der Waals surface area contributed by atoms with Gasteiger partial charge in [-0.05, 0) is 6.42 Å². The molecule has 0 aromatic carbocycles. The Morgan fingerprint density at radius 2 is 2.27 bits per heavy atom. The van der Waals surface area contributed by atoms with Crippen LogP contribution in [0.15, 0.2) is 12.7 Å². The molecule has 0 aromatic heterocycles. The highest BCUT2D eigenvalue weighted by molar-refractivity contribution is 5.76. The standard InChI is InChI=1S/C6H9F2NO2/c1-2-3-4(9)6(7,8)5(10)11/h2,4H,1,3,9H2,(H,10,11)/t4-/m0/s1. The van der Waals surface area contributed by atoms with Crippen LogP contribution < -0.4 is 5.73 Å². The van der Waals surface area contributed by atoms with Gasteiger partial charge in [0, 0.05) is 0 Å². The van der Waals surface area contributed by atoms with Crippen LogP contribution in [0.4, 0.5) is 8.78 Å². The van der Waals surface area contributed by atoms with Gasteiger partial charge in [-0.3, -0.25) is 0 Å². The summed E-state index contributed by atoms with van der Waals surface area (Å²) >= 11 is 0. The zero-order chi connectivity index (χ0) is 9.07. The van der Waals surface area contributed by atoms with Crippen LogP contribution in [0, 0.1) is 0 Å². The maximum Gasteiger partial charge on any atom is 0.376 e. The Hall–Kier alpha value is -0.970. The van der Waals surface area contributed by atoms with Gasteiger partial charge >= 0.3 is 11.9 Å². The lowest BCUT2D eigenvalue weighted by Gasteiger charge is -2.17. The monoisotopic (exact) mass is 165 g/mol. The van der Waals surface area contributed by atoms with Crippen molar-refractivity contribution in [3.05, 3.63) is 12.7 Å². The second-order valence-electron chi connectivity index (χ2n) is 2.06. The minimum absolute atomic E-state index is 0.223. The summed E-state index contributed by atoms with van der Waals surface area (Å²) in [6.07, 6.45) is 0.931. The summed E-state index contributed by atoms with van der Waals surface area (Å²) in [5, 5.41) is 7.97. The second kappa shape index (κ2) is 3.43. The quantitative estimate of drug-likeness (QED) is 0.600. The molecule has 0 bridgehead atoms. The van der Waals surface area contributed by atoms with Crippen LogP contribution in [0.25, 0.3) is 0 Å². The number of carboxylic acid groups (broad SMARTS) is 1. The molecule has 0 fully saturated rings. The SMILES string of the molecule is C=CC[C@H](N)C(F)(F)C(=O)O. The topological polar surface area (TPSA) is 63.3 Å². The Kier molecular flexibility index (Phi) is 3.13. The molecule has 11 heavy (non-hydrogen) atoms. The van der Waals surface area contributed by atoms with E-state index in [2.05, 4.69) is 6.58 Å². The summed E-state index contributed by atoms with van der Waals surface area (Å²) in [6, 6.07) is -1.70. The number of alkyl halides is 2. The van der Waals surface area contributed by atoms with E-state index in [0.717, 1.165) is 6.08 Å². The van der Waals surface area contributed by atoms with Crippen molar-refractivity contribution >= 4 is 5.97 Å². The minimum atomic E-state index is -3.87. The van der Waals surface area contributed by atoms with E-state index in [-0.39, 0.29) is 6.42 Å². The lowest BCUT2D eigenvalue weighted by atomic mass is 10.1. The van der Waals surface area contributed by atoms with E-state index in [1.807, 2.05) is 0 Å². The van der Waals surface area contributed by atoms with Crippen molar-refractivity contribution in [1.29, 1.82) is 0 Å². The van der Waals surface area contributed by atoms with Gasteiger partial charge in [0.1, 0.15) is 0 Å². The van der Waals surface area contributed by atoms with Crippen LogP contribution in [-0.4, -0.2) is 23.0 Å². The van der Waals surface area contributed by atoms with E-state index in [1.54, 1.807) is 0 Å². The van der Waals surface area contributed by atoms with Crippen LogP contribution >= 0.6 is 0 Å². The molecule has 0 radical (unpaired) electrons. The lowest BCUT2D eigenvalue weighted by Crippen LogP contribution is -2.46. The lowest BCUT2D eigenvalue weighted by molar-refractivity contribution is -0.167. The number of nitrogens with two attached hydrogens (primary N) is 1. The van der Waals surface area contributed by atoms with E-state index in [1.165, 1.54) is 0 Å². The fourth-order valence-electron chi connectivity index (χ4n) is 0.486. The van der Waals surface area contributed by atoms with Gasteiger partial charge in [-0.1, -0.05) is 6.08 Å². The van der Waals surface area contributed by atoms with E-state index < -0.39 is 17.9 Å². The molecule has 0 unspecified atom stereocenters. The minimum Gasteiger partial charge on any atom is -0.477 e. The Balaban J connectivity index is 4.28. The van der Waals surface area contributed by atoms with Gasteiger partial charge in [0.2, 0.25) is 0 Å². The molecule has 0 aromatic rings. The number of aliphatic carboxylic acids is 1. The average Bonchev–Trinajstić information content (AvgIpc) is 1.88. The zero-order valence-corrected chi connectivity index (χ0v) is 5.76. The van der Waals surface area contributed by atoms with Gasteiger partial charge in [0.05, 0.1) is 6.04 Å². The summed E-state index contributed by atoms with van der Waals surface area (Å²) in [5.41, 5.74) is 4.86. The fourth-order valence-corrected chi connectivity index (χ4v) is 0.486. The van der Waals surface area contributed by atoms with Crippen LogP contribution in [0.2, 0.25) is 0 Å². The molecule has 0 aliphatic rings. The zero-order valence-electron chi connectivity index (χ0n) is 5.76. The molecule has 3 N–H and O–H groups in total. The number of hydrogen-bond donors (Lipinski definition) is 2. The predicted molar refractivity (Wildman–Crippen MR) is 35.4 cm³/mol. The molecule has 0 aliphatic heterocycles. The Labute approximate surface area is 62.5 Å². The van der Waals surface area contributed by atoms with E-state index in [9.17, 15) is 13.6 Å². The van der Waals surface area contributed by atoms with Crippen molar-refractivity contribution < 1.29 is 18.7 Å². The van der Waals surface area contributed by atoms with Crippen molar-refractivity contribution in [2.45, 2.75) is 18.4 Å². The molecule has 3 nitrogen and oxygen atoms in total. The smallest absolute Gasteiger partial charge is 0.376 e. The van der Waals surface area contributed by atoms with E-state index in [0.29, 0.717) is 0 Å². The van der Waals surface area contributed by atoms with E-state index >= 15 is 0 Å². The Morgan fingerprint density at radius 1 is 1.82 bits per heavy atom. The summed E-state index contributed by atoms with van der Waals surface area (Å²) in [6.45, 7) is 3.17. The van der Waals surface area contributed by atoms with Crippen LogP contribution in [0.1, 0.15) is 6.42 Å². The Morgan fingerprint density at radius 3 is 2.55 bits per heavy atom. The number of carboxylic acids is 1. The first-order chi connectivity index (χ1) is 4.92. The van der Waals surface area contributed by atoms with Gasteiger partial charge < -0.3 is 10.8 Å². The molecular formula is C6H9F2NO2. The molecule has 5 heteroatoms. The Bertz CT molecular complexity index is 170. The molecule has 64 valence electrons. The van der Waals surface area contributed by atoms with Crippen LogP contribution in [-0.2, 0) is 4.79 Å². The van der Waals surface area contributed by atoms with Crippen molar-refractivity contribution in [3.63, 3.8) is 0 Å². The maximum absolute atomic E-state index is 12.4. The summed E-state index contributed by atoms with van der Waals surface area (Å²) in [7, 11) is 0. The molecular weight excluding hydrogens is 156 g/mol. The summed E-state index contributed by atoms with van der Waals surface area (Å²) in [4.78, 5) is 9.87. The van der Waals surface area contributed by atoms with Crippen molar-refractivity contribution in [1.82, 2.24) is 0 Å². The average molecular weight is 165 g/mol. The largest absolute Gasteiger partial charge is 0.477 e.